The zero-order chi connectivity index (χ0) is 18.9. The topological polar surface area (TPSA) is 74.1 Å². The molecular formula is C19H25N5O2. The molecule has 0 aliphatic rings. The van der Waals surface area contributed by atoms with Gasteiger partial charge < -0.3 is 14.8 Å². The molecular weight excluding hydrogens is 330 g/mol. The number of hydrogen-bond acceptors (Lipinski definition) is 6. The number of fused-ring (bicyclic) bond motifs is 1. The Bertz CT molecular complexity index is 912. The van der Waals surface area contributed by atoms with Crippen LogP contribution in [0.1, 0.15) is 34.6 Å². The fourth-order valence-corrected chi connectivity index (χ4v) is 2.67. The third-order valence-corrected chi connectivity index (χ3v) is 3.79. The SMILES string of the molecule is COc1cc(Nc2ncnc3c2cnn3C(C)(C)C)ccc1OC(C)C. The lowest BCUT2D eigenvalue weighted by molar-refractivity contribution is 0.230. The molecule has 1 N–H and O–H groups in total. The van der Waals surface area contributed by atoms with Crippen LogP contribution in [0.3, 0.4) is 0 Å². The van der Waals surface area contributed by atoms with Crippen molar-refractivity contribution in [2.75, 3.05) is 12.4 Å². The molecule has 2 aromatic heterocycles. The fraction of sp³-hybridized carbons (Fsp3) is 0.421. The first-order valence-corrected chi connectivity index (χ1v) is 8.60. The molecule has 0 spiro atoms. The molecule has 0 bridgehead atoms. The van der Waals surface area contributed by atoms with Gasteiger partial charge in [-0.3, -0.25) is 0 Å². The second kappa shape index (κ2) is 6.82. The summed E-state index contributed by atoms with van der Waals surface area (Å²) >= 11 is 0. The lowest BCUT2D eigenvalue weighted by Crippen LogP contribution is -2.23. The van der Waals surface area contributed by atoms with Crippen LogP contribution in [-0.4, -0.2) is 33.0 Å². The van der Waals surface area contributed by atoms with E-state index in [1.54, 1.807) is 19.6 Å². The molecule has 0 saturated carbocycles. The van der Waals surface area contributed by atoms with Gasteiger partial charge in [0.25, 0.3) is 0 Å². The van der Waals surface area contributed by atoms with Crippen LogP contribution in [0.5, 0.6) is 11.5 Å². The van der Waals surface area contributed by atoms with E-state index in [1.807, 2.05) is 36.7 Å². The Labute approximate surface area is 153 Å². The first-order valence-electron chi connectivity index (χ1n) is 8.60. The van der Waals surface area contributed by atoms with Gasteiger partial charge >= 0.3 is 0 Å². The highest BCUT2D eigenvalue weighted by atomic mass is 16.5. The average molecular weight is 355 g/mol. The minimum absolute atomic E-state index is 0.0763. The maximum atomic E-state index is 5.76. The maximum absolute atomic E-state index is 5.76. The molecule has 0 aliphatic heterocycles. The minimum atomic E-state index is -0.160. The van der Waals surface area contributed by atoms with E-state index in [1.165, 1.54) is 0 Å². The monoisotopic (exact) mass is 355 g/mol. The van der Waals surface area contributed by atoms with E-state index in [0.29, 0.717) is 17.3 Å². The molecule has 7 nitrogen and oxygen atoms in total. The Morgan fingerprint density at radius 1 is 1.12 bits per heavy atom. The average Bonchev–Trinajstić information content (AvgIpc) is 3.01. The van der Waals surface area contributed by atoms with Crippen molar-refractivity contribution in [1.29, 1.82) is 0 Å². The van der Waals surface area contributed by atoms with Gasteiger partial charge in [0.15, 0.2) is 17.1 Å². The summed E-state index contributed by atoms with van der Waals surface area (Å²) in [5, 5.41) is 8.67. The van der Waals surface area contributed by atoms with E-state index in [9.17, 15) is 0 Å². The number of hydrogen-bond donors (Lipinski definition) is 1. The molecule has 3 aromatic rings. The Balaban J connectivity index is 1.95. The molecule has 3 rings (SSSR count). The summed E-state index contributed by atoms with van der Waals surface area (Å²) < 4.78 is 13.1. The molecule has 2 heterocycles. The smallest absolute Gasteiger partial charge is 0.163 e. The molecule has 0 unspecified atom stereocenters. The molecule has 0 fully saturated rings. The fourth-order valence-electron chi connectivity index (χ4n) is 2.67. The van der Waals surface area contributed by atoms with E-state index in [0.717, 1.165) is 16.7 Å². The van der Waals surface area contributed by atoms with Crippen molar-refractivity contribution < 1.29 is 9.47 Å². The van der Waals surface area contributed by atoms with Crippen molar-refractivity contribution >= 4 is 22.5 Å². The molecule has 26 heavy (non-hydrogen) atoms. The standard InChI is InChI=1S/C19H25N5O2/c1-12(2)26-15-8-7-13(9-16(15)25-6)23-17-14-10-22-24(19(3,4)5)18(14)21-11-20-17/h7-12H,1-6H3,(H,20,21,23). The van der Waals surface area contributed by atoms with Crippen LogP contribution in [0.25, 0.3) is 11.0 Å². The summed E-state index contributed by atoms with van der Waals surface area (Å²) in [6.07, 6.45) is 3.41. The molecule has 0 aliphatic carbocycles. The van der Waals surface area contributed by atoms with Gasteiger partial charge in [0.05, 0.1) is 30.3 Å². The predicted octanol–water partition coefficient (Wildman–Crippen LogP) is 4.12. The van der Waals surface area contributed by atoms with Crippen LogP contribution >= 0.6 is 0 Å². The van der Waals surface area contributed by atoms with Crippen molar-refractivity contribution in [3.05, 3.63) is 30.7 Å². The van der Waals surface area contributed by atoms with Crippen LogP contribution < -0.4 is 14.8 Å². The first kappa shape index (κ1) is 18.0. The van der Waals surface area contributed by atoms with E-state index < -0.39 is 0 Å². The van der Waals surface area contributed by atoms with Gasteiger partial charge in [0.1, 0.15) is 12.1 Å². The highest BCUT2D eigenvalue weighted by Crippen LogP contribution is 2.33. The normalized spacial score (nSPS) is 11.8. The highest BCUT2D eigenvalue weighted by Gasteiger charge is 2.19. The van der Waals surface area contributed by atoms with Gasteiger partial charge in [-0.05, 0) is 46.8 Å². The zero-order valence-corrected chi connectivity index (χ0v) is 16.1. The Morgan fingerprint density at radius 3 is 2.54 bits per heavy atom. The summed E-state index contributed by atoms with van der Waals surface area (Å²) in [7, 11) is 1.63. The van der Waals surface area contributed by atoms with Gasteiger partial charge in [-0.25, -0.2) is 14.6 Å². The van der Waals surface area contributed by atoms with Gasteiger partial charge in [0.2, 0.25) is 0 Å². The quantitative estimate of drug-likeness (QED) is 0.742. The van der Waals surface area contributed by atoms with Crippen LogP contribution in [0.2, 0.25) is 0 Å². The van der Waals surface area contributed by atoms with E-state index in [-0.39, 0.29) is 11.6 Å². The number of aromatic nitrogens is 4. The van der Waals surface area contributed by atoms with E-state index in [2.05, 4.69) is 41.2 Å². The molecule has 138 valence electrons. The zero-order valence-electron chi connectivity index (χ0n) is 16.1. The van der Waals surface area contributed by atoms with Gasteiger partial charge in [-0.1, -0.05) is 0 Å². The van der Waals surface area contributed by atoms with E-state index in [4.69, 9.17) is 9.47 Å². The molecule has 0 saturated heterocycles. The second-order valence-corrected chi connectivity index (χ2v) is 7.34. The van der Waals surface area contributed by atoms with Gasteiger partial charge in [-0.2, -0.15) is 5.10 Å². The number of benzene rings is 1. The largest absolute Gasteiger partial charge is 0.493 e. The first-order chi connectivity index (χ1) is 12.3. The number of ether oxygens (including phenoxy) is 2. The Morgan fingerprint density at radius 2 is 1.88 bits per heavy atom. The number of methoxy groups -OCH3 is 1. The van der Waals surface area contributed by atoms with E-state index >= 15 is 0 Å². The summed E-state index contributed by atoms with van der Waals surface area (Å²) in [5.74, 6) is 2.07. The summed E-state index contributed by atoms with van der Waals surface area (Å²) in [5.41, 5.74) is 1.48. The molecule has 7 heteroatoms. The summed E-state index contributed by atoms with van der Waals surface area (Å²) in [4.78, 5) is 8.77. The van der Waals surface area contributed by atoms with Crippen LogP contribution in [-0.2, 0) is 5.54 Å². The van der Waals surface area contributed by atoms with Crippen molar-refractivity contribution in [1.82, 2.24) is 19.7 Å². The second-order valence-electron chi connectivity index (χ2n) is 7.34. The third-order valence-electron chi connectivity index (χ3n) is 3.79. The molecule has 0 amide bonds. The Hall–Kier alpha value is -2.83. The predicted molar refractivity (Wildman–Crippen MR) is 102 cm³/mol. The minimum Gasteiger partial charge on any atom is -0.493 e. The van der Waals surface area contributed by atoms with Crippen LogP contribution in [0, 0.1) is 0 Å². The Kier molecular flexibility index (Phi) is 4.71. The number of nitrogens with zero attached hydrogens (tertiary/aromatic N) is 4. The number of rotatable bonds is 5. The summed E-state index contributed by atoms with van der Waals surface area (Å²) in [6.45, 7) is 10.2. The van der Waals surface area contributed by atoms with Crippen molar-refractivity contribution in [2.45, 2.75) is 46.3 Å². The number of anilines is 2. The van der Waals surface area contributed by atoms with Crippen molar-refractivity contribution in [3.8, 4) is 11.5 Å². The third kappa shape index (κ3) is 3.56. The summed E-state index contributed by atoms with van der Waals surface area (Å²) in [6, 6.07) is 5.71. The van der Waals surface area contributed by atoms with Crippen molar-refractivity contribution in [2.24, 2.45) is 0 Å². The molecule has 1 aromatic carbocycles. The van der Waals surface area contributed by atoms with Crippen LogP contribution in [0.4, 0.5) is 11.5 Å². The van der Waals surface area contributed by atoms with Crippen LogP contribution in [0.15, 0.2) is 30.7 Å². The highest BCUT2D eigenvalue weighted by molar-refractivity contribution is 5.88. The maximum Gasteiger partial charge on any atom is 0.163 e. The lowest BCUT2D eigenvalue weighted by atomic mass is 10.1. The molecule has 0 atom stereocenters. The number of nitrogens with one attached hydrogen (secondary N) is 1. The lowest BCUT2D eigenvalue weighted by Gasteiger charge is -2.19. The van der Waals surface area contributed by atoms with Crippen molar-refractivity contribution in [3.63, 3.8) is 0 Å². The molecule has 0 radical (unpaired) electrons. The van der Waals surface area contributed by atoms with Gasteiger partial charge in [0, 0.05) is 11.8 Å². The van der Waals surface area contributed by atoms with Gasteiger partial charge in [-0.15, -0.1) is 0 Å².